The lowest BCUT2D eigenvalue weighted by molar-refractivity contribution is -0.153. The van der Waals surface area contributed by atoms with Crippen LogP contribution in [-0.2, 0) is 9.53 Å². The molecule has 3 unspecified atom stereocenters. The minimum absolute atomic E-state index is 0.00171. The first kappa shape index (κ1) is 11.9. The van der Waals surface area contributed by atoms with E-state index in [1.54, 1.807) is 0 Å². The first-order chi connectivity index (χ1) is 7.75. The molecule has 0 aromatic rings. The number of nitrogens with one attached hydrogen (secondary N) is 1. The van der Waals surface area contributed by atoms with Crippen LogP contribution in [0.2, 0.25) is 0 Å². The molecule has 0 aromatic heterocycles. The zero-order chi connectivity index (χ0) is 11.4. The summed E-state index contributed by atoms with van der Waals surface area (Å²) >= 11 is 0. The number of hydrogen-bond donors (Lipinski definition) is 1. The Labute approximate surface area is 97.9 Å². The SMILES string of the molecule is CC1CCCCC1OC(=O)CC1CCCN1. The minimum atomic E-state index is -0.00171. The summed E-state index contributed by atoms with van der Waals surface area (Å²) in [5.74, 6) is 0.549. The summed E-state index contributed by atoms with van der Waals surface area (Å²) in [5.41, 5.74) is 0. The Morgan fingerprint density at radius 2 is 2.06 bits per heavy atom. The van der Waals surface area contributed by atoms with E-state index >= 15 is 0 Å². The van der Waals surface area contributed by atoms with Gasteiger partial charge in [0.05, 0.1) is 6.42 Å². The minimum Gasteiger partial charge on any atom is -0.462 e. The molecule has 16 heavy (non-hydrogen) atoms. The van der Waals surface area contributed by atoms with E-state index in [0.717, 1.165) is 19.4 Å². The van der Waals surface area contributed by atoms with Gasteiger partial charge in [-0.05, 0) is 44.6 Å². The molecule has 3 nitrogen and oxygen atoms in total. The summed E-state index contributed by atoms with van der Waals surface area (Å²) in [4.78, 5) is 11.8. The summed E-state index contributed by atoms with van der Waals surface area (Å²) in [6.45, 7) is 3.25. The number of rotatable bonds is 3. The fourth-order valence-corrected chi connectivity index (χ4v) is 2.81. The molecule has 1 saturated carbocycles. The van der Waals surface area contributed by atoms with Crippen molar-refractivity contribution in [2.24, 2.45) is 5.92 Å². The summed E-state index contributed by atoms with van der Waals surface area (Å²) in [5, 5.41) is 3.34. The van der Waals surface area contributed by atoms with Gasteiger partial charge in [0, 0.05) is 6.04 Å². The molecule has 0 spiro atoms. The van der Waals surface area contributed by atoms with Crippen LogP contribution >= 0.6 is 0 Å². The molecule has 0 radical (unpaired) electrons. The average molecular weight is 225 g/mol. The highest BCUT2D eigenvalue weighted by atomic mass is 16.5. The Hall–Kier alpha value is -0.570. The molecule has 1 aliphatic carbocycles. The fourth-order valence-electron chi connectivity index (χ4n) is 2.81. The topological polar surface area (TPSA) is 38.3 Å². The monoisotopic (exact) mass is 225 g/mol. The summed E-state index contributed by atoms with van der Waals surface area (Å²) in [6.07, 6.45) is 7.83. The first-order valence-corrected chi connectivity index (χ1v) is 6.68. The number of ether oxygens (including phenoxy) is 1. The molecular weight excluding hydrogens is 202 g/mol. The van der Waals surface area contributed by atoms with E-state index in [4.69, 9.17) is 4.74 Å². The third-order valence-electron chi connectivity index (χ3n) is 3.89. The van der Waals surface area contributed by atoms with Gasteiger partial charge in [-0.25, -0.2) is 0 Å². The highest BCUT2D eigenvalue weighted by Crippen LogP contribution is 2.26. The van der Waals surface area contributed by atoms with Gasteiger partial charge < -0.3 is 10.1 Å². The molecule has 1 saturated heterocycles. The van der Waals surface area contributed by atoms with Gasteiger partial charge in [0.25, 0.3) is 0 Å². The summed E-state index contributed by atoms with van der Waals surface area (Å²) in [6, 6.07) is 0.367. The Morgan fingerprint density at radius 3 is 2.75 bits per heavy atom. The molecule has 1 heterocycles. The van der Waals surface area contributed by atoms with Crippen molar-refractivity contribution in [2.45, 2.75) is 64.0 Å². The quantitative estimate of drug-likeness (QED) is 0.749. The van der Waals surface area contributed by atoms with E-state index in [9.17, 15) is 4.79 Å². The van der Waals surface area contributed by atoms with Gasteiger partial charge in [-0.3, -0.25) is 4.79 Å². The van der Waals surface area contributed by atoms with Crippen LogP contribution in [0.1, 0.15) is 51.9 Å². The summed E-state index contributed by atoms with van der Waals surface area (Å²) in [7, 11) is 0. The maximum atomic E-state index is 11.8. The number of hydrogen-bond acceptors (Lipinski definition) is 3. The van der Waals surface area contributed by atoms with Gasteiger partial charge >= 0.3 is 5.97 Å². The molecule has 2 aliphatic rings. The number of esters is 1. The van der Waals surface area contributed by atoms with Crippen LogP contribution in [-0.4, -0.2) is 24.7 Å². The highest BCUT2D eigenvalue weighted by Gasteiger charge is 2.26. The highest BCUT2D eigenvalue weighted by molar-refractivity contribution is 5.70. The maximum absolute atomic E-state index is 11.8. The van der Waals surface area contributed by atoms with Crippen molar-refractivity contribution in [1.29, 1.82) is 0 Å². The molecule has 2 rings (SSSR count). The zero-order valence-corrected chi connectivity index (χ0v) is 10.2. The van der Waals surface area contributed by atoms with Crippen LogP contribution in [0.15, 0.2) is 0 Å². The second-order valence-electron chi connectivity index (χ2n) is 5.29. The van der Waals surface area contributed by atoms with Crippen molar-refractivity contribution in [1.82, 2.24) is 5.32 Å². The van der Waals surface area contributed by atoms with Crippen molar-refractivity contribution in [3.8, 4) is 0 Å². The van der Waals surface area contributed by atoms with E-state index in [2.05, 4.69) is 12.2 Å². The second-order valence-corrected chi connectivity index (χ2v) is 5.29. The molecule has 0 aromatic carbocycles. The molecule has 3 atom stereocenters. The molecule has 3 heteroatoms. The normalized spacial score (nSPS) is 34.9. The third kappa shape index (κ3) is 3.21. The predicted octanol–water partition coefficient (Wildman–Crippen LogP) is 2.25. The Balaban J connectivity index is 1.72. The van der Waals surface area contributed by atoms with Crippen LogP contribution in [0.25, 0.3) is 0 Å². The molecule has 0 bridgehead atoms. The van der Waals surface area contributed by atoms with Gasteiger partial charge in [-0.2, -0.15) is 0 Å². The zero-order valence-electron chi connectivity index (χ0n) is 10.2. The smallest absolute Gasteiger partial charge is 0.307 e. The lowest BCUT2D eigenvalue weighted by Crippen LogP contribution is -2.31. The van der Waals surface area contributed by atoms with E-state index in [1.807, 2.05) is 0 Å². The van der Waals surface area contributed by atoms with Gasteiger partial charge in [0.2, 0.25) is 0 Å². The Morgan fingerprint density at radius 1 is 1.25 bits per heavy atom. The van der Waals surface area contributed by atoms with Crippen molar-refractivity contribution in [3.05, 3.63) is 0 Å². The number of carbonyl (C=O) groups excluding carboxylic acids is 1. The van der Waals surface area contributed by atoms with E-state index < -0.39 is 0 Å². The van der Waals surface area contributed by atoms with Crippen molar-refractivity contribution < 1.29 is 9.53 Å². The van der Waals surface area contributed by atoms with Gasteiger partial charge in [-0.15, -0.1) is 0 Å². The predicted molar refractivity (Wildman–Crippen MR) is 63.2 cm³/mol. The third-order valence-corrected chi connectivity index (χ3v) is 3.89. The molecule has 92 valence electrons. The molecule has 1 N–H and O–H groups in total. The molecule has 2 fully saturated rings. The maximum Gasteiger partial charge on any atom is 0.307 e. The van der Waals surface area contributed by atoms with Crippen LogP contribution in [0.5, 0.6) is 0 Å². The van der Waals surface area contributed by atoms with Crippen molar-refractivity contribution >= 4 is 5.97 Å². The Bertz CT molecular complexity index is 236. The van der Waals surface area contributed by atoms with E-state index in [0.29, 0.717) is 18.4 Å². The van der Waals surface area contributed by atoms with Crippen LogP contribution < -0.4 is 5.32 Å². The van der Waals surface area contributed by atoms with Crippen LogP contribution in [0, 0.1) is 5.92 Å². The largest absolute Gasteiger partial charge is 0.462 e. The molecule has 1 aliphatic heterocycles. The molecular formula is C13H23NO2. The molecule has 0 amide bonds. The summed E-state index contributed by atoms with van der Waals surface area (Å²) < 4.78 is 5.59. The van der Waals surface area contributed by atoms with Gasteiger partial charge in [0.1, 0.15) is 6.10 Å². The lowest BCUT2D eigenvalue weighted by atomic mass is 9.88. The lowest BCUT2D eigenvalue weighted by Gasteiger charge is -2.28. The number of carbonyl (C=O) groups is 1. The van der Waals surface area contributed by atoms with Crippen LogP contribution in [0.3, 0.4) is 0 Å². The first-order valence-electron chi connectivity index (χ1n) is 6.68. The van der Waals surface area contributed by atoms with Crippen LogP contribution in [0.4, 0.5) is 0 Å². The Kier molecular flexibility index (Phi) is 4.22. The fraction of sp³-hybridized carbons (Fsp3) is 0.923. The van der Waals surface area contributed by atoms with E-state index in [-0.39, 0.29) is 12.1 Å². The standard InChI is InChI=1S/C13H23NO2/c1-10-5-2-3-7-12(10)16-13(15)9-11-6-4-8-14-11/h10-12,14H,2-9H2,1H3. The average Bonchev–Trinajstić information content (AvgIpc) is 2.74. The second kappa shape index (κ2) is 5.67. The van der Waals surface area contributed by atoms with Crippen molar-refractivity contribution in [3.63, 3.8) is 0 Å². The van der Waals surface area contributed by atoms with Crippen molar-refractivity contribution in [2.75, 3.05) is 6.54 Å². The van der Waals surface area contributed by atoms with Gasteiger partial charge in [0.15, 0.2) is 0 Å². The van der Waals surface area contributed by atoms with E-state index in [1.165, 1.54) is 25.7 Å². The van der Waals surface area contributed by atoms with Gasteiger partial charge in [-0.1, -0.05) is 13.3 Å².